The minimum atomic E-state index is 0.540. The molecule has 0 unspecified atom stereocenters. The molecule has 0 atom stereocenters. The van der Waals surface area contributed by atoms with Gasteiger partial charge in [0, 0.05) is 13.2 Å². The molecule has 1 aromatic rings. The Morgan fingerprint density at radius 3 is 2.69 bits per heavy atom. The number of hydrogen-bond donors (Lipinski definition) is 1. The van der Waals surface area contributed by atoms with E-state index in [4.69, 9.17) is 15.2 Å². The van der Waals surface area contributed by atoms with Crippen molar-refractivity contribution in [1.29, 1.82) is 0 Å². The predicted molar refractivity (Wildman–Crippen MR) is 68.6 cm³/mol. The summed E-state index contributed by atoms with van der Waals surface area (Å²) in [7, 11) is 0. The van der Waals surface area contributed by atoms with Gasteiger partial charge in [-0.05, 0) is 40.0 Å². The molecule has 0 fully saturated rings. The van der Waals surface area contributed by atoms with Crippen LogP contribution in [-0.2, 0) is 11.3 Å². The molecule has 16 heavy (non-hydrogen) atoms. The highest BCUT2D eigenvalue weighted by Crippen LogP contribution is 2.25. The minimum absolute atomic E-state index is 0.540. The van der Waals surface area contributed by atoms with E-state index in [-0.39, 0.29) is 0 Å². The molecule has 0 aromatic heterocycles. The second kappa shape index (κ2) is 7.65. The van der Waals surface area contributed by atoms with E-state index in [1.165, 1.54) is 0 Å². The summed E-state index contributed by atoms with van der Waals surface area (Å²) in [5.74, 6) is 0.831. The van der Waals surface area contributed by atoms with Crippen molar-refractivity contribution < 1.29 is 9.47 Å². The number of rotatable bonds is 7. The summed E-state index contributed by atoms with van der Waals surface area (Å²) in [6.07, 6.45) is 1.04. The fraction of sp³-hybridized carbons (Fsp3) is 0.500. The summed E-state index contributed by atoms with van der Waals surface area (Å²) < 4.78 is 11.8. The highest BCUT2D eigenvalue weighted by atomic mass is 79.9. The van der Waals surface area contributed by atoms with Crippen molar-refractivity contribution in [1.82, 2.24) is 0 Å². The molecule has 3 nitrogen and oxygen atoms in total. The van der Waals surface area contributed by atoms with Crippen LogP contribution in [0.25, 0.3) is 0 Å². The molecule has 0 saturated heterocycles. The molecular formula is C12H18BrNO2. The first-order valence-electron chi connectivity index (χ1n) is 5.47. The van der Waals surface area contributed by atoms with E-state index in [0.29, 0.717) is 19.8 Å². The summed E-state index contributed by atoms with van der Waals surface area (Å²) >= 11 is 3.45. The molecule has 1 aromatic carbocycles. The molecule has 2 N–H and O–H groups in total. The van der Waals surface area contributed by atoms with Crippen LogP contribution in [0.4, 0.5) is 0 Å². The normalized spacial score (nSPS) is 10.4. The molecule has 0 heterocycles. The minimum Gasteiger partial charge on any atom is -0.490 e. The van der Waals surface area contributed by atoms with E-state index in [1.54, 1.807) is 0 Å². The van der Waals surface area contributed by atoms with Gasteiger partial charge >= 0.3 is 0 Å². The fourth-order valence-electron chi connectivity index (χ4n) is 1.25. The topological polar surface area (TPSA) is 44.5 Å². The van der Waals surface area contributed by atoms with Crippen LogP contribution in [0, 0.1) is 0 Å². The van der Waals surface area contributed by atoms with Crippen LogP contribution in [0.2, 0.25) is 0 Å². The van der Waals surface area contributed by atoms with Crippen molar-refractivity contribution in [2.24, 2.45) is 5.73 Å². The van der Waals surface area contributed by atoms with Crippen LogP contribution in [0.5, 0.6) is 5.75 Å². The van der Waals surface area contributed by atoms with Gasteiger partial charge in [-0.1, -0.05) is 13.0 Å². The molecule has 0 aliphatic rings. The average molecular weight is 288 g/mol. The van der Waals surface area contributed by atoms with Gasteiger partial charge in [0.05, 0.1) is 11.1 Å². The Kier molecular flexibility index (Phi) is 6.45. The number of ether oxygens (including phenoxy) is 2. The van der Waals surface area contributed by atoms with Gasteiger partial charge in [-0.15, -0.1) is 0 Å². The van der Waals surface area contributed by atoms with E-state index in [0.717, 1.165) is 28.8 Å². The molecule has 0 aliphatic carbocycles. The summed E-state index contributed by atoms with van der Waals surface area (Å²) in [4.78, 5) is 0. The zero-order valence-electron chi connectivity index (χ0n) is 9.54. The van der Waals surface area contributed by atoms with Gasteiger partial charge in [0.1, 0.15) is 12.4 Å². The maximum absolute atomic E-state index is 5.57. The maximum atomic E-state index is 5.57. The molecule has 0 bridgehead atoms. The second-order valence-electron chi connectivity index (χ2n) is 3.43. The van der Waals surface area contributed by atoms with Crippen LogP contribution >= 0.6 is 15.9 Å². The van der Waals surface area contributed by atoms with Crippen LogP contribution in [0.15, 0.2) is 22.7 Å². The number of benzene rings is 1. The highest BCUT2D eigenvalue weighted by Gasteiger charge is 2.01. The van der Waals surface area contributed by atoms with Gasteiger partial charge in [0.15, 0.2) is 0 Å². The van der Waals surface area contributed by atoms with Crippen LogP contribution in [-0.4, -0.2) is 19.8 Å². The first-order valence-corrected chi connectivity index (χ1v) is 6.26. The molecular weight excluding hydrogens is 270 g/mol. The SMILES string of the molecule is CCCOCCOc1ccc(CN)cc1Br. The molecule has 0 radical (unpaired) electrons. The van der Waals surface area contributed by atoms with Crippen molar-refractivity contribution in [3.63, 3.8) is 0 Å². The molecule has 90 valence electrons. The van der Waals surface area contributed by atoms with Crippen molar-refractivity contribution in [3.05, 3.63) is 28.2 Å². The molecule has 1 rings (SSSR count). The smallest absolute Gasteiger partial charge is 0.133 e. The van der Waals surface area contributed by atoms with Gasteiger partial charge in [-0.25, -0.2) is 0 Å². The number of nitrogens with two attached hydrogens (primary N) is 1. The van der Waals surface area contributed by atoms with Crippen LogP contribution in [0.3, 0.4) is 0 Å². The fourth-order valence-corrected chi connectivity index (χ4v) is 1.79. The molecule has 0 aliphatic heterocycles. The van der Waals surface area contributed by atoms with Gasteiger partial charge in [0.25, 0.3) is 0 Å². The van der Waals surface area contributed by atoms with E-state index in [2.05, 4.69) is 22.9 Å². The Hall–Kier alpha value is -0.580. The summed E-state index contributed by atoms with van der Waals surface area (Å²) in [6, 6.07) is 5.86. The van der Waals surface area contributed by atoms with Crippen molar-refractivity contribution in [3.8, 4) is 5.75 Å². The zero-order valence-corrected chi connectivity index (χ0v) is 11.1. The lowest BCUT2D eigenvalue weighted by Gasteiger charge is -2.09. The summed E-state index contributed by atoms with van der Waals surface area (Å²) in [5.41, 5.74) is 6.63. The Labute approximate surface area is 105 Å². The predicted octanol–water partition coefficient (Wildman–Crippen LogP) is 2.71. The van der Waals surface area contributed by atoms with E-state index >= 15 is 0 Å². The summed E-state index contributed by atoms with van der Waals surface area (Å²) in [6.45, 7) is 4.61. The third kappa shape index (κ3) is 4.51. The van der Waals surface area contributed by atoms with Crippen LogP contribution in [0.1, 0.15) is 18.9 Å². The first kappa shape index (κ1) is 13.5. The van der Waals surface area contributed by atoms with Crippen molar-refractivity contribution >= 4 is 15.9 Å². The highest BCUT2D eigenvalue weighted by molar-refractivity contribution is 9.10. The third-order valence-corrected chi connectivity index (χ3v) is 2.69. The lowest BCUT2D eigenvalue weighted by molar-refractivity contribution is 0.100. The van der Waals surface area contributed by atoms with Gasteiger partial charge in [0.2, 0.25) is 0 Å². The number of halogens is 1. The van der Waals surface area contributed by atoms with E-state index in [1.807, 2.05) is 18.2 Å². The first-order chi connectivity index (χ1) is 7.77. The van der Waals surface area contributed by atoms with Gasteiger partial charge in [-0.2, -0.15) is 0 Å². The zero-order chi connectivity index (χ0) is 11.8. The molecule has 4 heteroatoms. The Morgan fingerprint density at radius 2 is 2.06 bits per heavy atom. The third-order valence-electron chi connectivity index (χ3n) is 2.07. The van der Waals surface area contributed by atoms with Gasteiger partial charge < -0.3 is 15.2 Å². The lowest BCUT2D eigenvalue weighted by atomic mass is 10.2. The lowest BCUT2D eigenvalue weighted by Crippen LogP contribution is -2.07. The quantitative estimate of drug-likeness (QED) is 0.785. The molecule has 0 amide bonds. The van der Waals surface area contributed by atoms with Gasteiger partial charge in [-0.3, -0.25) is 0 Å². The second-order valence-corrected chi connectivity index (χ2v) is 4.28. The number of hydrogen-bond acceptors (Lipinski definition) is 3. The van der Waals surface area contributed by atoms with Crippen molar-refractivity contribution in [2.45, 2.75) is 19.9 Å². The molecule has 0 saturated carbocycles. The van der Waals surface area contributed by atoms with E-state index in [9.17, 15) is 0 Å². The Bertz CT molecular complexity index is 318. The maximum Gasteiger partial charge on any atom is 0.133 e. The van der Waals surface area contributed by atoms with E-state index < -0.39 is 0 Å². The van der Waals surface area contributed by atoms with Crippen LogP contribution < -0.4 is 10.5 Å². The monoisotopic (exact) mass is 287 g/mol. The Morgan fingerprint density at radius 1 is 1.25 bits per heavy atom. The Balaban J connectivity index is 2.36. The standard InChI is InChI=1S/C12H18BrNO2/c1-2-5-15-6-7-16-12-4-3-10(9-14)8-11(12)13/h3-4,8H,2,5-7,9,14H2,1H3. The largest absolute Gasteiger partial charge is 0.490 e. The molecule has 0 spiro atoms. The average Bonchev–Trinajstić information content (AvgIpc) is 2.30. The van der Waals surface area contributed by atoms with Crippen molar-refractivity contribution in [2.75, 3.05) is 19.8 Å². The summed E-state index contributed by atoms with van der Waals surface area (Å²) in [5, 5.41) is 0.